The van der Waals surface area contributed by atoms with Crippen LogP contribution in [0.4, 0.5) is 14.4 Å². The largest absolute Gasteiger partial charge is 0.339 e. The maximum atomic E-state index is 11.9. The highest BCUT2D eigenvalue weighted by Gasteiger charge is 2.15. The van der Waals surface area contributed by atoms with Crippen molar-refractivity contribution in [3.05, 3.63) is 18.2 Å². The fraction of sp³-hybridized carbons (Fsp3) is 0.400. The Morgan fingerprint density at radius 2 is 0.792 bits per heavy atom. The van der Waals surface area contributed by atoms with Crippen LogP contribution in [0.2, 0.25) is 0 Å². The lowest BCUT2D eigenvalue weighted by Gasteiger charge is -2.14. The molecule has 24 heavy (non-hydrogen) atoms. The highest BCUT2D eigenvalue weighted by Crippen LogP contribution is 2.33. The predicted molar refractivity (Wildman–Crippen MR) is 101 cm³/mol. The van der Waals surface area contributed by atoms with E-state index in [1.807, 2.05) is 0 Å². The Labute approximate surface area is 155 Å². The molecule has 1 aromatic carbocycles. The van der Waals surface area contributed by atoms with Gasteiger partial charge in [0.1, 0.15) is 0 Å². The van der Waals surface area contributed by atoms with Gasteiger partial charge in [0.05, 0.1) is 0 Å². The first-order chi connectivity index (χ1) is 11.1. The number of rotatable bonds is 3. The van der Waals surface area contributed by atoms with Gasteiger partial charge in [-0.05, 0) is 53.5 Å². The van der Waals surface area contributed by atoms with E-state index in [-0.39, 0.29) is 15.7 Å². The Morgan fingerprint density at radius 3 is 0.958 bits per heavy atom. The quantitative estimate of drug-likeness (QED) is 0.731. The van der Waals surface area contributed by atoms with Crippen LogP contribution >= 0.6 is 35.3 Å². The van der Waals surface area contributed by atoms with Crippen molar-refractivity contribution in [2.45, 2.75) is 14.7 Å². The van der Waals surface area contributed by atoms with Gasteiger partial charge in [0.15, 0.2) is 0 Å². The molecule has 0 aliphatic rings. The Bertz CT molecular complexity index is 536. The van der Waals surface area contributed by atoms with Crippen LogP contribution in [0.1, 0.15) is 0 Å². The summed E-state index contributed by atoms with van der Waals surface area (Å²) in [7, 11) is 10.1. The van der Waals surface area contributed by atoms with E-state index in [9.17, 15) is 14.4 Å². The zero-order valence-electron chi connectivity index (χ0n) is 14.5. The Kier molecular flexibility index (Phi) is 7.98. The normalized spacial score (nSPS) is 10.2. The van der Waals surface area contributed by atoms with Gasteiger partial charge in [0, 0.05) is 57.0 Å². The number of hydrogen-bond acceptors (Lipinski definition) is 6. The maximum absolute atomic E-state index is 11.9. The molecule has 0 saturated heterocycles. The number of carbonyl (C=O) groups is 3. The summed E-state index contributed by atoms with van der Waals surface area (Å²) >= 11 is 3.18. The molecule has 0 spiro atoms. The number of carbonyl (C=O) groups excluding carboxylic acids is 3. The van der Waals surface area contributed by atoms with E-state index in [2.05, 4.69) is 0 Å². The molecule has 0 heterocycles. The van der Waals surface area contributed by atoms with Crippen LogP contribution in [0.25, 0.3) is 0 Å². The van der Waals surface area contributed by atoms with Gasteiger partial charge < -0.3 is 14.7 Å². The van der Waals surface area contributed by atoms with Gasteiger partial charge in [-0.3, -0.25) is 14.4 Å². The second-order valence-electron chi connectivity index (χ2n) is 5.43. The molecule has 0 aliphatic heterocycles. The molecule has 0 N–H and O–H groups in total. The van der Waals surface area contributed by atoms with Crippen LogP contribution in [-0.2, 0) is 0 Å². The number of hydrogen-bond donors (Lipinski definition) is 0. The van der Waals surface area contributed by atoms with E-state index < -0.39 is 0 Å². The Morgan fingerprint density at radius 1 is 0.583 bits per heavy atom. The molecule has 9 heteroatoms. The standard InChI is InChI=1S/C15H21N3O3S3/c1-16(2)13(19)22-10-7-11(23-14(20)17(3)4)9-12(8-10)24-15(21)18(5)6/h7-9H,1-6H3. The van der Waals surface area contributed by atoms with E-state index in [1.165, 1.54) is 14.7 Å². The topological polar surface area (TPSA) is 60.9 Å². The van der Waals surface area contributed by atoms with Crippen molar-refractivity contribution < 1.29 is 14.4 Å². The number of thioether (sulfide) groups is 3. The third-order valence-corrected chi connectivity index (χ3v) is 5.60. The minimum absolute atomic E-state index is 0.119. The molecule has 0 unspecified atom stereocenters. The first-order valence-corrected chi connectivity index (χ1v) is 9.37. The van der Waals surface area contributed by atoms with Crippen molar-refractivity contribution in [3.8, 4) is 0 Å². The SMILES string of the molecule is CN(C)C(=O)Sc1cc(SC(=O)N(C)C)cc(SC(=O)N(C)C)c1. The molecule has 6 nitrogen and oxygen atoms in total. The van der Waals surface area contributed by atoms with Gasteiger partial charge >= 0.3 is 0 Å². The van der Waals surface area contributed by atoms with E-state index >= 15 is 0 Å². The lowest BCUT2D eigenvalue weighted by molar-refractivity contribution is 0.240. The molecule has 3 amide bonds. The summed E-state index contributed by atoms with van der Waals surface area (Å²) in [5.74, 6) is 0. The summed E-state index contributed by atoms with van der Waals surface area (Å²) in [6.07, 6.45) is 0. The molecule has 0 bridgehead atoms. The van der Waals surface area contributed by atoms with Crippen LogP contribution < -0.4 is 0 Å². The molecule has 0 aliphatic carbocycles. The Hall–Kier alpha value is -1.32. The summed E-state index contributed by atoms with van der Waals surface area (Å²) in [4.78, 5) is 42.3. The van der Waals surface area contributed by atoms with Crippen molar-refractivity contribution in [2.75, 3.05) is 42.3 Å². The molecule has 0 aromatic heterocycles. The zero-order valence-corrected chi connectivity index (χ0v) is 17.0. The molecule has 0 radical (unpaired) electrons. The van der Waals surface area contributed by atoms with Crippen molar-refractivity contribution in [1.29, 1.82) is 0 Å². The summed E-state index contributed by atoms with van der Waals surface area (Å²) in [6, 6.07) is 5.34. The van der Waals surface area contributed by atoms with Crippen molar-refractivity contribution >= 4 is 51.0 Å². The van der Waals surface area contributed by atoms with Crippen molar-refractivity contribution in [3.63, 3.8) is 0 Å². The fourth-order valence-electron chi connectivity index (χ4n) is 1.30. The van der Waals surface area contributed by atoms with Crippen LogP contribution in [-0.4, -0.2) is 72.7 Å². The molecule has 0 fully saturated rings. The Balaban J connectivity index is 3.11. The van der Waals surface area contributed by atoms with Gasteiger partial charge in [-0.2, -0.15) is 0 Å². The second-order valence-corrected chi connectivity index (χ2v) is 8.50. The lowest BCUT2D eigenvalue weighted by atomic mass is 10.4. The van der Waals surface area contributed by atoms with Gasteiger partial charge in [-0.25, -0.2) is 0 Å². The third kappa shape index (κ3) is 6.66. The zero-order chi connectivity index (χ0) is 18.4. The molecule has 1 aromatic rings. The van der Waals surface area contributed by atoms with Gasteiger partial charge in [-0.1, -0.05) is 0 Å². The summed E-state index contributed by atoms with van der Waals surface area (Å²) in [6.45, 7) is 0. The maximum Gasteiger partial charge on any atom is 0.285 e. The highest BCUT2D eigenvalue weighted by atomic mass is 32.2. The van der Waals surface area contributed by atoms with Gasteiger partial charge in [0.25, 0.3) is 15.7 Å². The second kappa shape index (κ2) is 9.24. The van der Waals surface area contributed by atoms with Crippen molar-refractivity contribution in [2.24, 2.45) is 0 Å². The van der Waals surface area contributed by atoms with Gasteiger partial charge in [0.2, 0.25) is 0 Å². The monoisotopic (exact) mass is 387 g/mol. The lowest BCUT2D eigenvalue weighted by Crippen LogP contribution is -2.17. The minimum atomic E-state index is -0.119. The van der Waals surface area contributed by atoms with Crippen LogP contribution in [0.5, 0.6) is 0 Å². The van der Waals surface area contributed by atoms with E-state index in [0.717, 1.165) is 35.3 Å². The molecule has 1 rings (SSSR count). The first-order valence-electron chi connectivity index (χ1n) is 6.92. The molecule has 132 valence electrons. The summed E-state index contributed by atoms with van der Waals surface area (Å²) < 4.78 is 0. The molecular weight excluding hydrogens is 366 g/mol. The average molecular weight is 388 g/mol. The molecule has 0 atom stereocenters. The molecular formula is C15H21N3O3S3. The summed E-state index contributed by atoms with van der Waals surface area (Å²) in [5.41, 5.74) is 0. The minimum Gasteiger partial charge on any atom is -0.339 e. The van der Waals surface area contributed by atoms with Crippen LogP contribution in [0, 0.1) is 0 Å². The smallest absolute Gasteiger partial charge is 0.285 e. The predicted octanol–water partition coefficient (Wildman–Crippen LogP) is 4.01. The number of amides is 3. The van der Waals surface area contributed by atoms with E-state index in [1.54, 1.807) is 60.5 Å². The van der Waals surface area contributed by atoms with E-state index in [0.29, 0.717) is 14.7 Å². The van der Waals surface area contributed by atoms with Crippen LogP contribution in [0.3, 0.4) is 0 Å². The highest BCUT2D eigenvalue weighted by molar-refractivity contribution is 8.15. The third-order valence-electron chi connectivity index (χ3n) is 2.56. The fourth-order valence-corrected chi connectivity index (χ4v) is 3.79. The van der Waals surface area contributed by atoms with Gasteiger partial charge in [-0.15, -0.1) is 0 Å². The first kappa shape index (κ1) is 20.7. The van der Waals surface area contributed by atoms with Crippen LogP contribution in [0.15, 0.2) is 32.9 Å². The summed E-state index contributed by atoms with van der Waals surface area (Å²) in [5, 5.41) is -0.358. The number of nitrogens with zero attached hydrogens (tertiary/aromatic N) is 3. The van der Waals surface area contributed by atoms with E-state index in [4.69, 9.17) is 0 Å². The van der Waals surface area contributed by atoms with Crippen molar-refractivity contribution in [1.82, 2.24) is 14.7 Å². The molecule has 0 saturated carbocycles. The average Bonchev–Trinajstić information content (AvgIpc) is 2.46. The number of benzene rings is 1.